The summed E-state index contributed by atoms with van der Waals surface area (Å²) in [6, 6.07) is 8.30. The van der Waals surface area contributed by atoms with Crippen molar-refractivity contribution in [1.29, 1.82) is 0 Å². The molecule has 2 heterocycles. The Balaban J connectivity index is 0.00000243. The molecule has 5 nitrogen and oxygen atoms in total. The lowest BCUT2D eigenvalue weighted by molar-refractivity contribution is -0.139. The molecule has 2 saturated heterocycles. The van der Waals surface area contributed by atoms with E-state index in [2.05, 4.69) is 24.3 Å². The molecule has 2 N–H and O–H groups in total. The largest absolute Gasteiger partial charge is 0.338 e. The van der Waals surface area contributed by atoms with Crippen LogP contribution in [0.3, 0.4) is 0 Å². The summed E-state index contributed by atoms with van der Waals surface area (Å²) in [6.07, 6.45) is 3.45. The van der Waals surface area contributed by atoms with Crippen molar-refractivity contribution >= 4 is 24.2 Å². The standard InChI is InChI=1S/C20H29N3O2.ClH/c1-14-6-8-16(9-7-14)12-22-13-17(11-19(22)24)20(25)23-10-4-3-5-18(23)15(2)21;/h6-9,15,17-18H,3-5,10-13,21H2,1-2H3;1H. The number of likely N-dealkylation sites (tertiary alicyclic amines) is 2. The molecule has 2 amide bonds. The maximum absolute atomic E-state index is 13.0. The lowest BCUT2D eigenvalue weighted by atomic mass is 9.94. The van der Waals surface area contributed by atoms with Crippen molar-refractivity contribution in [2.24, 2.45) is 11.7 Å². The number of nitrogens with zero attached hydrogens (tertiary/aromatic N) is 2. The van der Waals surface area contributed by atoms with Crippen LogP contribution in [0.25, 0.3) is 0 Å². The van der Waals surface area contributed by atoms with E-state index in [4.69, 9.17) is 5.73 Å². The SMILES string of the molecule is Cc1ccc(CN2CC(C(=O)N3CCCCC3C(C)N)CC2=O)cc1.Cl. The number of nitrogens with two attached hydrogens (primary N) is 1. The Morgan fingerprint density at radius 3 is 2.62 bits per heavy atom. The van der Waals surface area contributed by atoms with Crippen LogP contribution >= 0.6 is 12.4 Å². The highest BCUT2D eigenvalue weighted by molar-refractivity contribution is 5.89. The number of carbonyl (C=O) groups is 2. The molecule has 0 radical (unpaired) electrons. The van der Waals surface area contributed by atoms with Gasteiger partial charge in [0, 0.05) is 38.1 Å². The zero-order valence-corrected chi connectivity index (χ0v) is 16.5. The Kier molecular flexibility index (Phi) is 7.07. The summed E-state index contributed by atoms with van der Waals surface area (Å²) in [5.74, 6) is -0.0349. The number of hydrogen-bond acceptors (Lipinski definition) is 3. The molecule has 0 aromatic heterocycles. The highest BCUT2D eigenvalue weighted by Crippen LogP contribution is 2.27. The maximum atomic E-state index is 13.0. The van der Waals surface area contributed by atoms with Gasteiger partial charge in [-0.15, -0.1) is 12.4 Å². The van der Waals surface area contributed by atoms with Gasteiger partial charge >= 0.3 is 0 Å². The van der Waals surface area contributed by atoms with Crippen LogP contribution in [0.2, 0.25) is 0 Å². The maximum Gasteiger partial charge on any atom is 0.228 e. The predicted octanol–water partition coefficient (Wildman–Crippen LogP) is 2.49. The van der Waals surface area contributed by atoms with Crippen molar-refractivity contribution in [2.45, 2.75) is 58.2 Å². The summed E-state index contributed by atoms with van der Waals surface area (Å²) in [6.45, 7) is 5.90. The molecule has 0 bridgehead atoms. The minimum atomic E-state index is -0.225. The Morgan fingerprint density at radius 2 is 1.96 bits per heavy atom. The second kappa shape index (κ2) is 8.87. The van der Waals surface area contributed by atoms with Gasteiger partial charge in [0.05, 0.1) is 5.92 Å². The van der Waals surface area contributed by atoms with E-state index in [1.807, 2.05) is 23.6 Å². The van der Waals surface area contributed by atoms with Crippen molar-refractivity contribution < 1.29 is 9.59 Å². The van der Waals surface area contributed by atoms with Gasteiger partial charge in [-0.3, -0.25) is 9.59 Å². The highest BCUT2D eigenvalue weighted by Gasteiger charge is 2.39. The van der Waals surface area contributed by atoms with Gasteiger partial charge in [-0.25, -0.2) is 0 Å². The number of hydrogen-bond donors (Lipinski definition) is 1. The topological polar surface area (TPSA) is 66.6 Å². The molecule has 0 spiro atoms. The summed E-state index contributed by atoms with van der Waals surface area (Å²) in [4.78, 5) is 29.1. The van der Waals surface area contributed by atoms with Crippen LogP contribution in [0, 0.1) is 12.8 Å². The minimum Gasteiger partial charge on any atom is -0.338 e. The lowest BCUT2D eigenvalue weighted by Crippen LogP contribution is -2.53. The molecule has 144 valence electrons. The van der Waals surface area contributed by atoms with Gasteiger partial charge in [0.1, 0.15) is 0 Å². The summed E-state index contributed by atoms with van der Waals surface area (Å²) >= 11 is 0. The first-order valence-corrected chi connectivity index (χ1v) is 9.35. The van der Waals surface area contributed by atoms with E-state index < -0.39 is 0 Å². The number of aryl methyl sites for hydroxylation is 1. The van der Waals surface area contributed by atoms with E-state index in [1.165, 1.54) is 5.56 Å². The first-order valence-electron chi connectivity index (χ1n) is 9.35. The third-order valence-electron chi connectivity index (χ3n) is 5.50. The molecule has 2 fully saturated rings. The van der Waals surface area contributed by atoms with Crippen molar-refractivity contribution in [1.82, 2.24) is 9.80 Å². The average Bonchev–Trinajstić information content (AvgIpc) is 2.97. The van der Waals surface area contributed by atoms with Gasteiger partial charge in [0.25, 0.3) is 0 Å². The second-order valence-corrected chi connectivity index (χ2v) is 7.61. The number of benzene rings is 1. The quantitative estimate of drug-likeness (QED) is 0.873. The molecule has 0 saturated carbocycles. The van der Waals surface area contributed by atoms with Crippen LogP contribution in [-0.4, -0.2) is 46.8 Å². The van der Waals surface area contributed by atoms with Crippen LogP contribution in [0.5, 0.6) is 0 Å². The van der Waals surface area contributed by atoms with E-state index in [9.17, 15) is 9.59 Å². The highest BCUT2D eigenvalue weighted by atomic mass is 35.5. The van der Waals surface area contributed by atoms with Crippen molar-refractivity contribution in [2.75, 3.05) is 13.1 Å². The van der Waals surface area contributed by atoms with Gasteiger partial charge < -0.3 is 15.5 Å². The van der Waals surface area contributed by atoms with Crippen molar-refractivity contribution in [3.8, 4) is 0 Å². The van der Waals surface area contributed by atoms with E-state index in [1.54, 1.807) is 0 Å². The van der Waals surface area contributed by atoms with Gasteiger partial charge in [-0.05, 0) is 38.7 Å². The molecule has 3 rings (SSSR count). The number of amides is 2. The fraction of sp³-hybridized carbons (Fsp3) is 0.600. The molecule has 1 aromatic carbocycles. The van der Waals surface area contributed by atoms with Crippen LogP contribution in [0.15, 0.2) is 24.3 Å². The summed E-state index contributed by atoms with van der Waals surface area (Å²) in [7, 11) is 0. The predicted molar refractivity (Wildman–Crippen MR) is 105 cm³/mol. The fourth-order valence-corrected chi connectivity index (χ4v) is 4.02. The van der Waals surface area contributed by atoms with E-state index in [0.29, 0.717) is 19.5 Å². The van der Waals surface area contributed by atoms with Crippen LogP contribution in [0.1, 0.15) is 43.7 Å². The third-order valence-corrected chi connectivity index (χ3v) is 5.50. The van der Waals surface area contributed by atoms with Crippen molar-refractivity contribution in [3.63, 3.8) is 0 Å². The molecule has 0 aliphatic carbocycles. The monoisotopic (exact) mass is 379 g/mol. The van der Waals surface area contributed by atoms with Crippen LogP contribution in [0.4, 0.5) is 0 Å². The Morgan fingerprint density at radius 1 is 1.27 bits per heavy atom. The van der Waals surface area contributed by atoms with Crippen LogP contribution in [-0.2, 0) is 16.1 Å². The smallest absolute Gasteiger partial charge is 0.228 e. The van der Waals surface area contributed by atoms with E-state index in [-0.39, 0.29) is 42.2 Å². The van der Waals surface area contributed by atoms with Crippen molar-refractivity contribution in [3.05, 3.63) is 35.4 Å². The van der Waals surface area contributed by atoms with Gasteiger partial charge in [0.15, 0.2) is 0 Å². The Labute approximate surface area is 162 Å². The first-order chi connectivity index (χ1) is 12.0. The minimum absolute atomic E-state index is 0. The molecule has 1 aromatic rings. The number of piperidine rings is 1. The van der Waals surface area contributed by atoms with Gasteiger partial charge in [-0.2, -0.15) is 0 Å². The zero-order valence-electron chi connectivity index (χ0n) is 15.7. The number of carbonyl (C=O) groups excluding carboxylic acids is 2. The first kappa shape index (κ1) is 20.7. The van der Waals surface area contributed by atoms with Crippen LogP contribution < -0.4 is 5.73 Å². The molecular weight excluding hydrogens is 350 g/mol. The number of halogens is 1. The molecule has 2 aliphatic heterocycles. The van der Waals surface area contributed by atoms with E-state index >= 15 is 0 Å². The molecule has 2 aliphatic rings. The van der Waals surface area contributed by atoms with E-state index in [0.717, 1.165) is 31.4 Å². The normalized spacial score (nSPS) is 24.3. The Bertz CT molecular complexity index is 632. The second-order valence-electron chi connectivity index (χ2n) is 7.61. The number of rotatable bonds is 4. The lowest BCUT2D eigenvalue weighted by Gasteiger charge is -2.39. The molecule has 3 unspecified atom stereocenters. The average molecular weight is 380 g/mol. The molecule has 3 atom stereocenters. The fourth-order valence-electron chi connectivity index (χ4n) is 4.02. The van der Waals surface area contributed by atoms with Gasteiger partial charge in [-0.1, -0.05) is 29.8 Å². The third kappa shape index (κ3) is 4.57. The molecular formula is C20H30ClN3O2. The molecule has 26 heavy (non-hydrogen) atoms. The summed E-state index contributed by atoms with van der Waals surface area (Å²) in [5.41, 5.74) is 8.41. The Hall–Kier alpha value is -1.59. The van der Waals surface area contributed by atoms with Gasteiger partial charge in [0.2, 0.25) is 11.8 Å². The molecule has 6 heteroatoms. The summed E-state index contributed by atoms with van der Waals surface area (Å²) < 4.78 is 0. The zero-order chi connectivity index (χ0) is 18.0. The summed E-state index contributed by atoms with van der Waals surface area (Å²) in [5, 5.41) is 0.